The molecule has 1 heterocycles. The van der Waals surface area contributed by atoms with E-state index in [1.54, 1.807) is 18.1 Å². The van der Waals surface area contributed by atoms with Gasteiger partial charge in [-0.15, -0.1) is 12.4 Å². The summed E-state index contributed by atoms with van der Waals surface area (Å²) in [5, 5.41) is 3.09. The van der Waals surface area contributed by atoms with E-state index >= 15 is 0 Å². The van der Waals surface area contributed by atoms with Gasteiger partial charge in [0.2, 0.25) is 5.91 Å². The lowest BCUT2D eigenvalue weighted by molar-refractivity contribution is -0.118. The second-order valence-electron chi connectivity index (χ2n) is 4.31. The fourth-order valence-corrected chi connectivity index (χ4v) is 1.80. The lowest BCUT2D eigenvalue weighted by atomic mass is 10.2. The van der Waals surface area contributed by atoms with Crippen LogP contribution in [0.15, 0.2) is 54.7 Å². The zero-order valence-electron chi connectivity index (χ0n) is 11.5. The number of para-hydroxylation sites is 1. The summed E-state index contributed by atoms with van der Waals surface area (Å²) >= 11 is 0. The van der Waals surface area contributed by atoms with Gasteiger partial charge in [-0.3, -0.25) is 4.79 Å². The minimum Gasteiger partial charge on any atom is -0.359 e. The van der Waals surface area contributed by atoms with E-state index in [-0.39, 0.29) is 24.4 Å². The second kappa shape index (κ2) is 7.50. The minimum absolute atomic E-state index is 0. The average Bonchev–Trinajstić information content (AvgIpc) is 2.47. The Morgan fingerprint density at radius 2 is 1.80 bits per heavy atom. The molecule has 106 valence electrons. The van der Waals surface area contributed by atoms with Gasteiger partial charge in [-0.1, -0.05) is 24.3 Å². The molecule has 0 aliphatic heterocycles. The van der Waals surface area contributed by atoms with Crippen LogP contribution in [0.2, 0.25) is 0 Å². The maximum atomic E-state index is 12.3. The van der Waals surface area contributed by atoms with Crippen LogP contribution < -0.4 is 10.2 Å². The number of carbonyl (C=O) groups is 1. The summed E-state index contributed by atoms with van der Waals surface area (Å²) in [6.45, 7) is 1.83. The molecule has 1 N–H and O–H groups in total. The van der Waals surface area contributed by atoms with Crippen molar-refractivity contribution >= 4 is 29.8 Å². The lowest BCUT2D eigenvalue weighted by Gasteiger charge is -2.22. The standard InChI is InChI=1S/C15H17N3O.ClH/c1-12(17-14-10-6-7-11-16-14)15(19)18(2)13-8-4-3-5-9-13;/h3-12H,1-2H3,(H,16,17);1H/t12-;/m1./s1. The molecule has 20 heavy (non-hydrogen) atoms. The molecular formula is C15H18ClN3O. The van der Waals surface area contributed by atoms with Crippen LogP contribution in [-0.4, -0.2) is 24.0 Å². The Labute approximate surface area is 125 Å². The molecule has 0 fully saturated rings. The molecule has 0 unspecified atom stereocenters. The van der Waals surface area contributed by atoms with Crippen LogP contribution in [0.25, 0.3) is 0 Å². The number of anilines is 2. The molecule has 2 aromatic rings. The molecular weight excluding hydrogens is 274 g/mol. The van der Waals surface area contributed by atoms with Gasteiger partial charge >= 0.3 is 0 Å². The number of likely N-dealkylation sites (N-methyl/N-ethyl adjacent to an activating group) is 1. The lowest BCUT2D eigenvalue weighted by Crippen LogP contribution is -2.39. The maximum absolute atomic E-state index is 12.3. The molecule has 0 aliphatic carbocycles. The number of hydrogen-bond acceptors (Lipinski definition) is 3. The van der Waals surface area contributed by atoms with Crippen molar-refractivity contribution in [2.45, 2.75) is 13.0 Å². The fraction of sp³-hybridized carbons (Fsp3) is 0.200. The molecule has 1 atom stereocenters. The van der Waals surface area contributed by atoms with E-state index in [1.165, 1.54) is 0 Å². The number of pyridine rings is 1. The maximum Gasteiger partial charge on any atom is 0.248 e. The highest BCUT2D eigenvalue weighted by Crippen LogP contribution is 2.13. The Kier molecular flexibility index (Phi) is 6.00. The molecule has 0 saturated heterocycles. The van der Waals surface area contributed by atoms with Crippen molar-refractivity contribution in [2.75, 3.05) is 17.3 Å². The highest BCUT2D eigenvalue weighted by molar-refractivity contribution is 5.97. The first-order valence-corrected chi connectivity index (χ1v) is 6.18. The van der Waals surface area contributed by atoms with E-state index in [9.17, 15) is 4.79 Å². The van der Waals surface area contributed by atoms with E-state index in [4.69, 9.17) is 0 Å². The number of halogens is 1. The van der Waals surface area contributed by atoms with Gasteiger partial charge in [0.15, 0.2) is 0 Å². The molecule has 5 heteroatoms. The number of nitrogens with zero attached hydrogens (tertiary/aromatic N) is 2. The predicted molar refractivity (Wildman–Crippen MR) is 84.4 cm³/mol. The summed E-state index contributed by atoms with van der Waals surface area (Å²) in [5.74, 6) is 0.696. The van der Waals surface area contributed by atoms with Crippen molar-refractivity contribution in [1.82, 2.24) is 4.98 Å². The molecule has 1 aromatic carbocycles. The van der Waals surface area contributed by atoms with Crippen molar-refractivity contribution in [3.8, 4) is 0 Å². The number of rotatable bonds is 4. The molecule has 0 spiro atoms. The fourth-order valence-electron chi connectivity index (χ4n) is 1.80. The number of amides is 1. The highest BCUT2D eigenvalue weighted by Gasteiger charge is 2.18. The van der Waals surface area contributed by atoms with E-state index in [0.29, 0.717) is 5.82 Å². The van der Waals surface area contributed by atoms with Gasteiger partial charge < -0.3 is 10.2 Å². The number of aromatic nitrogens is 1. The predicted octanol–water partition coefficient (Wildman–Crippen LogP) is 2.97. The van der Waals surface area contributed by atoms with Gasteiger partial charge in [0.25, 0.3) is 0 Å². The van der Waals surface area contributed by atoms with Gasteiger partial charge in [-0.05, 0) is 31.2 Å². The molecule has 0 bridgehead atoms. The second-order valence-corrected chi connectivity index (χ2v) is 4.31. The van der Waals surface area contributed by atoms with Crippen LogP contribution in [0, 0.1) is 0 Å². The van der Waals surface area contributed by atoms with Crippen LogP contribution >= 0.6 is 12.4 Å². The van der Waals surface area contributed by atoms with E-state index in [2.05, 4.69) is 10.3 Å². The molecule has 1 amide bonds. The number of carbonyl (C=O) groups excluding carboxylic acids is 1. The smallest absolute Gasteiger partial charge is 0.248 e. The Morgan fingerprint density at radius 1 is 1.15 bits per heavy atom. The van der Waals surface area contributed by atoms with E-state index in [1.807, 2.05) is 55.5 Å². The van der Waals surface area contributed by atoms with Gasteiger partial charge in [0.05, 0.1) is 0 Å². The number of hydrogen-bond donors (Lipinski definition) is 1. The molecule has 1 aromatic heterocycles. The van der Waals surface area contributed by atoms with Crippen molar-refractivity contribution in [2.24, 2.45) is 0 Å². The van der Waals surface area contributed by atoms with Gasteiger partial charge in [0, 0.05) is 18.9 Å². The average molecular weight is 292 g/mol. The van der Waals surface area contributed by atoms with Crippen LogP contribution in [0.1, 0.15) is 6.92 Å². The summed E-state index contributed by atoms with van der Waals surface area (Å²) in [6, 6.07) is 14.8. The van der Waals surface area contributed by atoms with Gasteiger partial charge in [-0.25, -0.2) is 4.98 Å². The first kappa shape index (κ1) is 16.0. The summed E-state index contributed by atoms with van der Waals surface area (Å²) in [4.78, 5) is 18.1. The molecule has 4 nitrogen and oxygen atoms in total. The zero-order valence-corrected chi connectivity index (χ0v) is 12.3. The van der Waals surface area contributed by atoms with Crippen LogP contribution in [0.3, 0.4) is 0 Å². The third-order valence-corrected chi connectivity index (χ3v) is 2.87. The SMILES string of the molecule is C[C@@H](Nc1ccccn1)C(=O)N(C)c1ccccc1.Cl. The third kappa shape index (κ3) is 3.96. The van der Waals surface area contributed by atoms with Crippen LogP contribution in [-0.2, 0) is 4.79 Å². The Morgan fingerprint density at radius 3 is 2.40 bits per heavy atom. The van der Waals surface area contributed by atoms with Crippen LogP contribution in [0.4, 0.5) is 11.5 Å². The third-order valence-electron chi connectivity index (χ3n) is 2.87. The molecule has 0 radical (unpaired) electrons. The number of nitrogens with one attached hydrogen (secondary N) is 1. The minimum atomic E-state index is -0.333. The summed E-state index contributed by atoms with van der Waals surface area (Å²) in [6.07, 6.45) is 1.69. The highest BCUT2D eigenvalue weighted by atomic mass is 35.5. The molecule has 2 rings (SSSR count). The van der Waals surface area contributed by atoms with Gasteiger partial charge in [-0.2, -0.15) is 0 Å². The monoisotopic (exact) mass is 291 g/mol. The molecule has 0 aliphatic rings. The summed E-state index contributed by atoms with van der Waals surface area (Å²) in [7, 11) is 1.77. The topological polar surface area (TPSA) is 45.2 Å². The van der Waals surface area contributed by atoms with E-state index in [0.717, 1.165) is 5.69 Å². The van der Waals surface area contributed by atoms with Crippen LogP contribution in [0.5, 0.6) is 0 Å². The van der Waals surface area contributed by atoms with Crippen molar-refractivity contribution in [3.05, 3.63) is 54.7 Å². The largest absolute Gasteiger partial charge is 0.359 e. The van der Waals surface area contributed by atoms with Crippen molar-refractivity contribution in [1.29, 1.82) is 0 Å². The van der Waals surface area contributed by atoms with Crippen molar-refractivity contribution in [3.63, 3.8) is 0 Å². The quantitative estimate of drug-likeness (QED) is 0.942. The Hall–Kier alpha value is -2.07. The Bertz CT molecular complexity index is 533. The summed E-state index contributed by atoms with van der Waals surface area (Å²) in [5.41, 5.74) is 0.877. The normalized spacial score (nSPS) is 11.1. The Balaban J connectivity index is 0.00000200. The molecule has 0 saturated carbocycles. The number of benzene rings is 1. The first-order valence-electron chi connectivity index (χ1n) is 6.18. The van der Waals surface area contributed by atoms with Crippen molar-refractivity contribution < 1.29 is 4.79 Å². The van der Waals surface area contributed by atoms with Gasteiger partial charge in [0.1, 0.15) is 11.9 Å². The van der Waals surface area contributed by atoms with E-state index < -0.39 is 0 Å². The summed E-state index contributed by atoms with van der Waals surface area (Å²) < 4.78 is 0. The first-order chi connectivity index (χ1) is 9.18. The zero-order chi connectivity index (χ0) is 13.7.